The van der Waals surface area contributed by atoms with Crippen LogP contribution in [0, 0.1) is 20.8 Å². The van der Waals surface area contributed by atoms with Crippen LogP contribution < -0.4 is 5.69 Å². The SMILES string of the molecule is Cc1cc(C)c(C(=O)Cn2cc(Cl)cnc2=O)cc1C. The predicted octanol–water partition coefficient (Wildman–Crippen LogP) is 2.70. The van der Waals surface area contributed by atoms with E-state index in [4.69, 9.17) is 11.6 Å². The Labute approximate surface area is 122 Å². The summed E-state index contributed by atoms with van der Waals surface area (Å²) >= 11 is 5.79. The molecule has 20 heavy (non-hydrogen) atoms. The van der Waals surface area contributed by atoms with Crippen molar-refractivity contribution in [1.29, 1.82) is 0 Å². The van der Waals surface area contributed by atoms with E-state index in [1.807, 2.05) is 32.9 Å². The van der Waals surface area contributed by atoms with Crippen LogP contribution in [0.5, 0.6) is 0 Å². The lowest BCUT2D eigenvalue weighted by Gasteiger charge is -2.10. The fourth-order valence-corrected chi connectivity index (χ4v) is 2.21. The first-order chi connectivity index (χ1) is 9.38. The van der Waals surface area contributed by atoms with Crippen molar-refractivity contribution in [2.24, 2.45) is 0 Å². The molecule has 1 aromatic carbocycles. The number of nitrogens with zero attached hydrogens (tertiary/aromatic N) is 2. The Bertz CT molecular complexity index is 735. The van der Waals surface area contributed by atoms with E-state index in [0.717, 1.165) is 16.7 Å². The average Bonchev–Trinajstić information content (AvgIpc) is 2.38. The molecule has 2 aromatic rings. The minimum atomic E-state index is -0.482. The van der Waals surface area contributed by atoms with Crippen molar-refractivity contribution in [1.82, 2.24) is 9.55 Å². The van der Waals surface area contributed by atoms with Crippen molar-refractivity contribution >= 4 is 17.4 Å². The summed E-state index contributed by atoms with van der Waals surface area (Å²) in [5, 5.41) is 0.328. The first kappa shape index (κ1) is 14.5. The second-order valence-electron chi connectivity index (χ2n) is 4.86. The molecule has 0 radical (unpaired) electrons. The molecule has 1 aromatic heterocycles. The Kier molecular flexibility index (Phi) is 4.04. The zero-order valence-corrected chi connectivity index (χ0v) is 12.4. The number of hydrogen-bond acceptors (Lipinski definition) is 3. The second kappa shape index (κ2) is 5.59. The summed E-state index contributed by atoms with van der Waals surface area (Å²) in [6.45, 7) is 5.79. The van der Waals surface area contributed by atoms with E-state index in [2.05, 4.69) is 4.98 Å². The maximum absolute atomic E-state index is 12.3. The third-order valence-corrected chi connectivity index (χ3v) is 3.47. The molecule has 0 atom stereocenters. The highest BCUT2D eigenvalue weighted by atomic mass is 35.5. The Morgan fingerprint density at radius 2 is 1.85 bits per heavy atom. The largest absolute Gasteiger partial charge is 0.348 e. The molecule has 0 bridgehead atoms. The number of aromatic nitrogens is 2. The number of benzene rings is 1. The standard InChI is InChI=1S/C15H15ClN2O2/c1-9-4-11(3)13(5-10(9)2)14(19)8-18-7-12(16)6-17-15(18)20/h4-7H,8H2,1-3H3. The molecule has 0 spiro atoms. The molecule has 0 aliphatic heterocycles. The van der Waals surface area contributed by atoms with E-state index < -0.39 is 5.69 Å². The molecule has 104 valence electrons. The van der Waals surface area contributed by atoms with Gasteiger partial charge in [0.05, 0.1) is 17.8 Å². The van der Waals surface area contributed by atoms with Gasteiger partial charge in [-0.2, -0.15) is 0 Å². The highest BCUT2D eigenvalue weighted by Gasteiger charge is 2.12. The van der Waals surface area contributed by atoms with Gasteiger partial charge in [0.1, 0.15) is 0 Å². The third kappa shape index (κ3) is 2.96. The molecule has 0 saturated carbocycles. The molecule has 0 N–H and O–H groups in total. The summed E-state index contributed by atoms with van der Waals surface area (Å²) in [6, 6.07) is 3.83. The topological polar surface area (TPSA) is 52.0 Å². The normalized spacial score (nSPS) is 10.6. The van der Waals surface area contributed by atoms with E-state index in [-0.39, 0.29) is 12.3 Å². The van der Waals surface area contributed by atoms with Gasteiger partial charge >= 0.3 is 5.69 Å². The van der Waals surface area contributed by atoms with Crippen LogP contribution in [-0.2, 0) is 6.54 Å². The van der Waals surface area contributed by atoms with Crippen LogP contribution >= 0.6 is 11.6 Å². The van der Waals surface area contributed by atoms with Crippen molar-refractivity contribution in [2.75, 3.05) is 0 Å². The maximum atomic E-state index is 12.3. The second-order valence-corrected chi connectivity index (χ2v) is 5.29. The van der Waals surface area contributed by atoms with Crippen LogP contribution in [-0.4, -0.2) is 15.3 Å². The molecule has 4 nitrogen and oxygen atoms in total. The Balaban J connectivity index is 2.35. The molecule has 1 heterocycles. The quantitative estimate of drug-likeness (QED) is 0.817. The van der Waals surface area contributed by atoms with E-state index in [1.54, 1.807) is 0 Å². The van der Waals surface area contributed by atoms with Gasteiger partial charge in [-0.05, 0) is 43.5 Å². The fourth-order valence-electron chi connectivity index (χ4n) is 2.04. The van der Waals surface area contributed by atoms with E-state index >= 15 is 0 Å². The van der Waals surface area contributed by atoms with Gasteiger partial charge < -0.3 is 0 Å². The average molecular weight is 291 g/mol. The van der Waals surface area contributed by atoms with Gasteiger partial charge in [0.2, 0.25) is 0 Å². The molecule has 0 fully saturated rings. The molecule has 0 aliphatic carbocycles. The number of halogens is 1. The minimum absolute atomic E-state index is 0.0598. The van der Waals surface area contributed by atoms with Crippen molar-refractivity contribution < 1.29 is 4.79 Å². The minimum Gasteiger partial charge on any atom is -0.292 e. The zero-order valence-electron chi connectivity index (χ0n) is 11.6. The summed E-state index contributed by atoms with van der Waals surface area (Å²) < 4.78 is 1.22. The van der Waals surface area contributed by atoms with E-state index in [9.17, 15) is 9.59 Å². The molecule has 0 unspecified atom stereocenters. The molecule has 2 rings (SSSR count). The summed E-state index contributed by atoms with van der Waals surface area (Å²) in [5.74, 6) is -0.128. The Morgan fingerprint density at radius 3 is 2.55 bits per heavy atom. The number of carbonyl (C=O) groups excluding carboxylic acids is 1. The lowest BCUT2D eigenvalue weighted by atomic mass is 9.98. The van der Waals surface area contributed by atoms with E-state index in [1.165, 1.54) is 17.0 Å². The number of rotatable bonds is 3. The third-order valence-electron chi connectivity index (χ3n) is 3.28. The van der Waals surface area contributed by atoms with Crippen LogP contribution in [0.3, 0.4) is 0 Å². The first-order valence-corrected chi connectivity index (χ1v) is 6.59. The van der Waals surface area contributed by atoms with Crippen molar-refractivity contribution in [3.05, 3.63) is 62.3 Å². The van der Waals surface area contributed by atoms with Crippen LogP contribution in [0.15, 0.2) is 29.3 Å². The Morgan fingerprint density at radius 1 is 1.20 bits per heavy atom. The van der Waals surface area contributed by atoms with Crippen LogP contribution in [0.2, 0.25) is 5.02 Å². The number of aryl methyl sites for hydroxylation is 3. The number of Topliss-reactive ketones (excluding diaryl/α,β-unsaturated/α-hetero) is 1. The monoisotopic (exact) mass is 290 g/mol. The fraction of sp³-hybridized carbons (Fsp3) is 0.267. The highest BCUT2D eigenvalue weighted by molar-refractivity contribution is 6.30. The number of ketones is 1. The number of hydrogen-bond donors (Lipinski definition) is 0. The van der Waals surface area contributed by atoms with Gasteiger partial charge in [-0.1, -0.05) is 17.7 Å². The van der Waals surface area contributed by atoms with Gasteiger partial charge in [0, 0.05) is 11.8 Å². The predicted molar refractivity (Wildman–Crippen MR) is 78.5 cm³/mol. The van der Waals surface area contributed by atoms with Crippen LogP contribution in [0.25, 0.3) is 0 Å². The van der Waals surface area contributed by atoms with Crippen molar-refractivity contribution in [3.8, 4) is 0 Å². The number of carbonyl (C=O) groups is 1. The molecule has 0 amide bonds. The summed E-state index contributed by atoms with van der Waals surface area (Å²) in [7, 11) is 0. The summed E-state index contributed by atoms with van der Waals surface area (Å²) in [6.07, 6.45) is 2.69. The van der Waals surface area contributed by atoms with Gasteiger partial charge in [-0.25, -0.2) is 9.78 Å². The summed E-state index contributed by atoms with van der Waals surface area (Å²) in [4.78, 5) is 27.5. The molecular weight excluding hydrogens is 276 g/mol. The summed E-state index contributed by atoms with van der Waals surface area (Å²) in [5.41, 5.74) is 3.24. The zero-order chi connectivity index (χ0) is 14.9. The van der Waals surface area contributed by atoms with Crippen LogP contribution in [0.4, 0.5) is 0 Å². The maximum Gasteiger partial charge on any atom is 0.348 e. The lowest BCUT2D eigenvalue weighted by Crippen LogP contribution is -2.26. The first-order valence-electron chi connectivity index (χ1n) is 6.21. The van der Waals surface area contributed by atoms with Crippen molar-refractivity contribution in [3.63, 3.8) is 0 Å². The molecule has 0 saturated heterocycles. The van der Waals surface area contributed by atoms with Gasteiger partial charge in [-0.3, -0.25) is 9.36 Å². The Hall–Kier alpha value is -1.94. The van der Waals surface area contributed by atoms with Crippen LogP contribution in [0.1, 0.15) is 27.0 Å². The molecule has 0 aliphatic rings. The van der Waals surface area contributed by atoms with Gasteiger partial charge in [-0.15, -0.1) is 0 Å². The molecule has 5 heteroatoms. The van der Waals surface area contributed by atoms with Crippen molar-refractivity contribution in [2.45, 2.75) is 27.3 Å². The smallest absolute Gasteiger partial charge is 0.292 e. The van der Waals surface area contributed by atoms with Gasteiger partial charge in [0.15, 0.2) is 5.78 Å². The van der Waals surface area contributed by atoms with Gasteiger partial charge in [0.25, 0.3) is 0 Å². The highest BCUT2D eigenvalue weighted by Crippen LogP contribution is 2.16. The molecular formula is C15H15ClN2O2. The lowest BCUT2D eigenvalue weighted by molar-refractivity contribution is 0.0969. The van der Waals surface area contributed by atoms with E-state index in [0.29, 0.717) is 10.6 Å².